The number of rotatable bonds is 5. The molecule has 0 atom stereocenters. The second-order valence-corrected chi connectivity index (χ2v) is 7.01. The largest absolute Gasteiger partial charge is 0.497 e. The van der Waals surface area contributed by atoms with Gasteiger partial charge in [-0.25, -0.2) is 13.5 Å². The second kappa shape index (κ2) is 8.00. The fraction of sp³-hybridized carbons (Fsp3) is 0.318. The Morgan fingerprint density at radius 1 is 1.07 bits per heavy atom. The monoisotopic (exact) mass is 383 g/mol. The molecule has 0 fully saturated rings. The summed E-state index contributed by atoms with van der Waals surface area (Å²) in [6.45, 7) is 0.819. The molecule has 0 radical (unpaired) electrons. The van der Waals surface area contributed by atoms with Gasteiger partial charge in [0.15, 0.2) is 5.82 Å². The van der Waals surface area contributed by atoms with Gasteiger partial charge in [0.2, 0.25) is 0 Å². The molecule has 1 aromatic heterocycles. The number of methoxy groups -OCH3 is 1. The third-order valence-electron chi connectivity index (χ3n) is 5.16. The summed E-state index contributed by atoms with van der Waals surface area (Å²) in [5.41, 5.74) is 3.56. The number of anilines is 1. The molecule has 28 heavy (non-hydrogen) atoms. The Bertz CT molecular complexity index is 967. The number of aromatic nitrogens is 2. The first-order valence-corrected chi connectivity index (χ1v) is 9.58. The molecule has 3 aromatic rings. The first-order valence-electron chi connectivity index (χ1n) is 9.58. The minimum Gasteiger partial charge on any atom is -0.497 e. The molecule has 0 spiro atoms. The lowest BCUT2D eigenvalue weighted by Crippen LogP contribution is -2.08. The molecule has 4 nitrogen and oxygen atoms in total. The lowest BCUT2D eigenvalue weighted by molar-refractivity contribution is 0.414. The van der Waals surface area contributed by atoms with E-state index in [1.165, 1.54) is 17.7 Å². The quantitative estimate of drug-likeness (QED) is 0.695. The van der Waals surface area contributed by atoms with E-state index in [4.69, 9.17) is 9.84 Å². The van der Waals surface area contributed by atoms with Gasteiger partial charge in [-0.2, -0.15) is 5.10 Å². The van der Waals surface area contributed by atoms with E-state index in [1.54, 1.807) is 11.8 Å². The third-order valence-corrected chi connectivity index (χ3v) is 5.16. The standard InChI is InChI=1S/C22H23F2N3O/c1-28-17-9-5-15(6-10-17)7-11-20-18-4-2-3-13-25-22(18)27(26-20)21-12-8-16(23)14-19(21)24/h5-6,8-10,12,14,25H,2-4,7,11,13H2,1H3. The molecule has 1 N–H and O–H groups in total. The van der Waals surface area contributed by atoms with Crippen molar-refractivity contribution >= 4 is 5.82 Å². The predicted octanol–water partition coefficient (Wildman–Crippen LogP) is 4.69. The molecule has 0 saturated heterocycles. The Morgan fingerprint density at radius 3 is 2.64 bits per heavy atom. The summed E-state index contributed by atoms with van der Waals surface area (Å²) in [5, 5.41) is 8.10. The van der Waals surface area contributed by atoms with Gasteiger partial charge in [0, 0.05) is 18.2 Å². The van der Waals surface area contributed by atoms with Crippen molar-refractivity contribution in [2.45, 2.75) is 32.1 Å². The summed E-state index contributed by atoms with van der Waals surface area (Å²) in [6.07, 6.45) is 4.61. The van der Waals surface area contributed by atoms with Crippen LogP contribution in [0, 0.1) is 11.6 Å². The summed E-state index contributed by atoms with van der Waals surface area (Å²) in [7, 11) is 1.65. The van der Waals surface area contributed by atoms with Crippen molar-refractivity contribution in [3.63, 3.8) is 0 Å². The number of benzene rings is 2. The minimum atomic E-state index is -0.613. The molecule has 0 bridgehead atoms. The number of hydrogen-bond donors (Lipinski definition) is 1. The zero-order chi connectivity index (χ0) is 19.5. The van der Waals surface area contributed by atoms with Crippen LogP contribution in [0.4, 0.5) is 14.6 Å². The maximum atomic E-state index is 14.4. The molecule has 4 rings (SSSR count). The lowest BCUT2D eigenvalue weighted by atomic mass is 10.0. The van der Waals surface area contributed by atoms with Crippen LogP contribution in [0.3, 0.4) is 0 Å². The lowest BCUT2D eigenvalue weighted by Gasteiger charge is -2.10. The molecule has 0 aliphatic carbocycles. The average Bonchev–Trinajstić information content (AvgIpc) is 2.87. The molecule has 0 unspecified atom stereocenters. The molecule has 2 aromatic carbocycles. The van der Waals surface area contributed by atoms with E-state index in [0.717, 1.165) is 67.5 Å². The summed E-state index contributed by atoms with van der Waals surface area (Å²) in [5.74, 6) is 0.454. The topological polar surface area (TPSA) is 39.1 Å². The van der Waals surface area contributed by atoms with Crippen molar-refractivity contribution in [1.82, 2.24) is 9.78 Å². The Morgan fingerprint density at radius 2 is 1.89 bits per heavy atom. The number of hydrogen-bond acceptors (Lipinski definition) is 3. The number of halogens is 2. The van der Waals surface area contributed by atoms with Crippen LogP contribution in [0.15, 0.2) is 42.5 Å². The van der Waals surface area contributed by atoms with Crippen LogP contribution in [0.5, 0.6) is 5.75 Å². The second-order valence-electron chi connectivity index (χ2n) is 7.01. The minimum absolute atomic E-state index is 0.266. The number of ether oxygens (including phenoxy) is 1. The highest BCUT2D eigenvalue weighted by atomic mass is 19.1. The molecular weight excluding hydrogens is 360 g/mol. The van der Waals surface area contributed by atoms with E-state index in [0.29, 0.717) is 0 Å². The van der Waals surface area contributed by atoms with E-state index < -0.39 is 11.6 Å². The molecule has 146 valence electrons. The van der Waals surface area contributed by atoms with Crippen LogP contribution in [0.25, 0.3) is 5.69 Å². The van der Waals surface area contributed by atoms with E-state index in [-0.39, 0.29) is 5.69 Å². The van der Waals surface area contributed by atoms with E-state index in [9.17, 15) is 8.78 Å². The molecule has 2 heterocycles. The van der Waals surface area contributed by atoms with Gasteiger partial charge in [-0.3, -0.25) is 0 Å². The van der Waals surface area contributed by atoms with Gasteiger partial charge in [0.25, 0.3) is 0 Å². The normalized spacial score (nSPS) is 13.5. The first kappa shape index (κ1) is 18.5. The van der Waals surface area contributed by atoms with Crippen molar-refractivity contribution in [1.29, 1.82) is 0 Å². The van der Waals surface area contributed by atoms with Gasteiger partial charge in [0.1, 0.15) is 23.1 Å². The molecule has 0 amide bonds. The SMILES string of the molecule is COc1ccc(CCc2nn(-c3ccc(F)cc3F)c3c2CCCCN3)cc1. The Hall–Kier alpha value is -2.89. The Balaban J connectivity index is 1.66. The van der Waals surface area contributed by atoms with Crippen LogP contribution >= 0.6 is 0 Å². The van der Waals surface area contributed by atoms with Crippen LogP contribution in [-0.2, 0) is 19.3 Å². The highest BCUT2D eigenvalue weighted by Gasteiger charge is 2.22. The van der Waals surface area contributed by atoms with Gasteiger partial charge in [-0.05, 0) is 61.9 Å². The predicted molar refractivity (Wildman–Crippen MR) is 105 cm³/mol. The van der Waals surface area contributed by atoms with Gasteiger partial charge >= 0.3 is 0 Å². The van der Waals surface area contributed by atoms with E-state index in [2.05, 4.69) is 5.32 Å². The Labute approximate surface area is 163 Å². The maximum Gasteiger partial charge on any atom is 0.151 e. The Kier molecular flexibility index (Phi) is 5.28. The summed E-state index contributed by atoms with van der Waals surface area (Å²) in [6, 6.07) is 11.6. The number of fused-ring (bicyclic) bond motifs is 1. The van der Waals surface area contributed by atoms with Crippen molar-refractivity contribution in [3.8, 4) is 11.4 Å². The van der Waals surface area contributed by atoms with Crippen LogP contribution < -0.4 is 10.1 Å². The summed E-state index contributed by atoms with van der Waals surface area (Å²) in [4.78, 5) is 0. The van der Waals surface area contributed by atoms with Crippen LogP contribution in [0.1, 0.15) is 29.7 Å². The zero-order valence-corrected chi connectivity index (χ0v) is 15.8. The van der Waals surface area contributed by atoms with Crippen LogP contribution in [-0.4, -0.2) is 23.4 Å². The van der Waals surface area contributed by atoms with Crippen molar-refractivity contribution < 1.29 is 13.5 Å². The summed E-state index contributed by atoms with van der Waals surface area (Å²) < 4.78 is 34.5. The molecular formula is C22H23F2N3O. The third kappa shape index (κ3) is 3.72. The van der Waals surface area contributed by atoms with Crippen molar-refractivity contribution in [2.24, 2.45) is 0 Å². The van der Waals surface area contributed by atoms with Crippen molar-refractivity contribution in [2.75, 3.05) is 19.0 Å². The first-order chi connectivity index (χ1) is 13.7. The average molecular weight is 383 g/mol. The van der Waals surface area contributed by atoms with E-state index in [1.807, 2.05) is 24.3 Å². The van der Waals surface area contributed by atoms with Crippen LogP contribution in [0.2, 0.25) is 0 Å². The maximum absolute atomic E-state index is 14.4. The number of nitrogens with zero attached hydrogens (tertiary/aromatic N) is 2. The molecule has 0 saturated carbocycles. The fourth-order valence-corrected chi connectivity index (χ4v) is 3.66. The smallest absolute Gasteiger partial charge is 0.151 e. The molecule has 6 heteroatoms. The molecule has 1 aliphatic rings. The fourth-order valence-electron chi connectivity index (χ4n) is 3.66. The van der Waals surface area contributed by atoms with Gasteiger partial charge in [0.05, 0.1) is 12.8 Å². The van der Waals surface area contributed by atoms with Gasteiger partial charge in [-0.1, -0.05) is 12.1 Å². The van der Waals surface area contributed by atoms with Gasteiger partial charge in [-0.15, -0.1) is 0 Å². The highest BCUT2D eigenvalue weighted by Crippen LogP contribution is 2.30. The number of nitrogens with one attached hydrogen (secondary N) is 1. The van der Waals surface area contributed by atoms with Crippen molar-refractivity contribution in [3.05, 3.63) is 70.9 Å². The highest BCUT2D eigenvalue weighted by molar-refractivity contribution is 5.54. The summed E-state index contributed by atoms with van der Waals surface area (Å²) >= 11 is 0. The molecule has 1 aliphatic heterocycles. The van der Waals surface area contributed by atoms with E-state index >= 15 is 0 Å². The number of aryl methyl sites for hydroxylation is 2. The zero-order valence-electron chi connectivity index (χ0n) is 15.8. The van der Waals surface area contributed by atoms with Gasteiger partial charge < -0.3 is 10.1 Å².